The van der Waals surface area contributed by atoms with Gasteiger partial charge in [0, 0.05) is 6.42 Å². The number of nitrogens with zero attached hydrogens (tertiary/aromatic N) is 2. The van der Waals surface area contributed by atoms with Gasteiger partial charge in [0.05, 0.1) is 7.11 Å². The van der Waals surface area contributed by atoms with Gasteiger partial charge in [-0.3, -0.25) is 0 Å². The van der Waals surface area contributed by atoms with Gasteiger partial charge in [0.2, 0.25) is 0 Å². The molecule has 0 N–H and O–H groups in total. The summed E-state index contributed by atoms with van der Waals surface area (Å²) in [6.07, 6.45) is 0.570. The fraction of sp³-hybridized carbons (Fsp3) is 0.143. The summed E-state index contributed by atoms with van der Waals surface area (Å²) in [6, 6.07) is 12.1. The average Bonchev–Trinajstić information content (AvgIpc) is 2.84. The fourth-order valence-corrected chi connectivity index (χ4v) is 2.20. The van der Waals surface area contributed by atoms with E-state index in [0.717, 1.165) is 22.1 Å². The summed E-state index contributed by atoms with van der Waals surface area (Å²) < 4.78 is 10.0. The normalized spacial score (nSPS) is 10.8. The molecule has 0 aliphatic carbocycles. The minimum Gasteiger partial charge on any atom is -0.497 e. The van der Waals surface area contributed by atoms with Crippen molar-refractivity contribution < 1.29 is 9.26 Å². The molecule has 0 radical (unpaired) electrons. The third-order valence-corrected chi connectivity index (χ3v) is 3.12. The van der Waals surface area contributed by atoms with Crippen molar-refractivity contribution in [3.63, 3.8) is 0 Å². The van der Waals surface area contributed by atoms with E-state index in [-0.39, 0.29) is 5.35 Å². The maximum Gasteiger partial charge on any atom is 0.320 e. The molecule has 0 bridgehead atoms. The van der Waals surface area contributed by atoms with Crippen LogP contribution >= 0.6 is 11.6 Å². The smallest absolute Gasteiger partial charge is 0.320 e. The third kappa shape index (κ3) is 2.39. The number of methoxy groups -OCH3 is 1. The molecule has 96 valence electrons. The molecule has 0 aliphatic heterocycles. The van der Waals surface area contributed by atoms with Crippen molar-refractivity contribution in [1.82, 2.24) is 10.1 Å². The summed E-state index contributed by atoms with van der Waals surface area (Å²) in [6.45, 7) is 0. The molecule has 1 heterocycles. The Bertz CT molecular complexity index is 724. The van der Waals surface area contributed by atoms with Gasteiger partial charge in [0.15, 0.2) is 5.82 Å². The van der Waals surface area contributed by atoms with E-state index in [9.17, 15) is 0 Å². The standard InChI is InChI=1S/C14H11ClN2O2/c1-18-11-6-5-9-3-2-4-10(12(9)8-11)7-13-16-14(15)19-17-13/h2-6,8H,7H2,1H3. The first-order valence-corrected chi connectivity index (χ1v) is 6.18. The molecular weight excluding hydrogens is 264 g/mol. The van der Waals surface area contributed by atoms with E-state index in [1.165, 1.54) is 0 Å². The minimum atomic E-state index is 0.0628. The van der Waals surface area contributed by atoms with Crippen LogP contribution in [0.15, 0.2) is 40.9 Å². The first-order valence-electron chi connectivity index (χ1n) is 5.80. The molecule has 0 fully saturated rings. The lowest BCUT2D eigenvalue weighted by Gasteiger charge is -2.06. The molecule has 3 rings (SSSR count). The van der Waals surface area contributed by atoms with Gasteiger partial charge in [-0.25, -0.2) is 0 Å². The molecule has 19 heavy (non-hydrogen) atoms. The molecule has 1 aromatic heterocycles. The molecule has 2 aromatic carbocycles. The summed E-state index contributed by atoms with van der Waals surface area (Å²) in [5.41, 5.74) is 1.11. The van der Waals surface area contributed by atoms with Crippen molar-refractivity contribution in [3.8, 4) is 5.75 Å². The van der Waals surface area contributed by atoms with Gasteiger partial charge in [0.1, 0.15) is 5.75 Å². The van der Waals surface area contributed by atoms with Crippen LogP contribution in [0.25, 0.3) is 10.8 Å². The van der Waals surface area contributed by atoms with E-state index in [4.69, 9.17) is 20.9 Å². The second kappa shape index (κ2) is 4.90. The largest absolute Gasteiger partial charge is 0.497 e. The molecule has 0 atom stereocenters. The van der Waals surface area contributed by atoms with Gasteiger partial charge in [0.25, 0.3) is 0 Å². The predicted octanol–water partition coefficient (Wildman–Crippen LogP) is 3.48. The Balaban J connectivity index is 2.06. The van der Waals surface area contributed by atoms with Crippen LogP contribution in [-0.4, -0.2) is 17.3 Å². The molecule has 0 spiro atoms. The number of halogens is 1. The summed E-state index contributed by atoms with van der Waals surface area (Å²) in [5.74, 6) is 1.39. The second-order valence-corrected chi connectivity index (χ2v) is 4.47. The predicted molar refractivity (Wildman–Crippen MR) is 72.6 cm³/mol. The zero-order valence-corrected chi connectivity index (χ0v) is 11.0. The third-order valence-electron chi connectivity index (χ3n) is 2.97. The lowest BCUT2D eigenvalue weighted by molar-refractivity contribution is 0.413. The first kappa shape index (κ1) is 12.0. The molecule has 0 amide bonds. The molecule has 4 nitrogen and oxygen atoms in total. The average molecular weight is 275 g/mol. The van der Waals surface area contributed by atoms with E-state index in [1.807, 2.05) is 30.3 Å². The Labute approximate surface area is 115 Å². The zero-order chi connectivity index (χ0) is 13.2. The maximum atomic E-state index is 5.63. The molecule has 0 unspecified atom stereocenters. The van der Waals surface area contributed by atoms with Crippen LogP contribution in [0.2, 0.25) is 5.35 Å². The summed E-state index contributed by atoms with van der Waals surface area (Å²) >= 11 is 5.63. The topological polar surface area (TPSA) is 48.2 Å². The minimum absolute atomic E-state index is 0.0628. The lowest BCUT2D eigenvalue weighted by atomic mass is 10.0. The van der Waals surface area contributed by atoms with Crippen molar-refractivity contribution in [2.75, 3.05) is 7.11 Å². The van der Waals surface area contributed by atoms with Gasteiger partial charge >= 0.3 is 5.35 Å². The zero-order valence-electron chi connectivity index (χ0n) is 10.3. The number of fused-ring (bicyclic) bond motifs is 1. The Kier molecular flexibility index (Phi) is 3.09. The van der Waals surface area contributed by atoms with Crippen LogP contribution in [-0.2, 0) is 6.42 Å². The van der Waals surface area contributed by atoms with Crippen molar-refractivity contribution in [1.29, 1.82) is 0 Å². The van der Waals surface area contributed by atoms with Gasteiger partial charge < -0.3 is 9.26 Å². The summed E-state index contributed by atoms with van der Waals surface area (Å²) in [4.78, 5) is 4.01. The number of hydrogen-bond acceptors (Lipinski definition) is 4. The molecule has 5 heteroatoms. The first-order chi connectivity index (χ1) is 9.26. The fourth-order valence-electron chi connectivity index (χ4n) is 2.07. The van der Waals surface area contributed by atoms with Crippen molar-refractivity contribution >= 4 is 22.4 Å². The number of benzene rings is 2. The summed E-state index contributed by atoms with van der Waals surface area (Å²) in [5, 5.41) is 6.13. The van der Waals surface area contributed by atoms with Gasteiger partial charge in [-0.2, -0.15) is 4.98 Å². The highest BCUT2D eigenvalue weighted by Gasteiger charge is 2.08. The van der Waals surface area contributed by atoms with Gasteiger partial charge in [-0.05, 0) is 40.1 Å². The molecule has 0 saturated carbocycles. The van der Waals surface area contributed by atoms with E-state index in [0.29, 0.717) is 12.2 Å². The Morgan fingerprint density at radius 3 is 2.89 bits per heavy atom. The molecular formula is C14H11ClN2O2. The molecule has 0 aliphatic rings. The maximum absolute atomic E-state index is 5.63. The monoisotopic (exact) mass is 274 g/mol. The SMILES string of the molecule is COc1ccc2cccc(Cc3noc(Cl)n3)c2c1. The van der Waals surface area contributed by atoms with Crippen LogP contribution in [0, 0.1) is 0 Å². The number of aromatic nitrogens is 2. The van der Waals surface area contributed by atoms with Crippen LogP contribution < -0.4 is 4.74 Å². The number of rotatable bonds is 3. The summed E-state index contributed by atoms with van der Waals surface area (Å²) in [7, 11) is 1.66. The van der Waals surface area contributed by atoms with Crippen LogP contribution in [0.5, 0.6) is 5.75 Å². The van der Waals surface area contributed by atoms with Crippen LogP contribution in [0.1, 0.15) is 11.4 Å². The van der Waals surface area contributed by atoms with Crippen LogP contribution in [0.3, 0.4) is 0 Å². The van der Waals surface area contributed by atoms with Crippen molar-refractivity contribution in [2.24, 2.45) is 0 Å². The van der Waals surface area contributed by atoms with E-state index in [2.05, 4.69) is 16.2 Å². The Hall–Kier alpha value is -2.07. The van der Waals surface area contributed by atoms with Gasteiger partial charge in [-0.15, -0.1) is 0 Å². The lowest BCUT2D eigenvalue weighted by Crippen LogP contribution is -1.93. The highest BCUT2D eigenvalue weighted by Crippen LogP contribution is 2.25. The van der Waals surface area contributed by atoms with E-state index < -0.39 is 0 Å². The second-order valence-electron chi connectivity index (χ2n) is 4.14. The Morgan fingerprint density at radius 2 is 2.16 bits per heavy atom. The molecule has 0 saturated heterocycles. The van der Waals surface area contributed by atoms with E-state index >= 15 is 0 Å². The van der Waals surface area contributed by atoms with Gasteiger partial charge in [-0.1, -0.05) is 29.4 Å². The molecule has 3 aromatic rings. The highest BCUT2D eigenvalue weighted by molar-refractivity contribution is 6.27. The van der Waals surface area contributed by atoms with Crippen molar-refractivity contribution in [2.45, 2.75) is 6.42 Å². The highest BCUT2D eigenvalue weighted by atomic mass is 35.5. The van der Waals surface area contributed by atoms with E-state index in [1.54, 1.807) is 7.11 Å². The van der Waals surface area contributed by atoms with Crippen LogP contribution in [0.4, 0.5) is 0 Å². The Morgan fingerprint density at radius 1 is 1.26 bits per heavy atom. The quantitative estimate of drug-likeness (QED) is 0.734. The number of ether oxygens (including phenoxy) is 1. The van der Waals surface area contributed by atoms with Crippen molar-refractivity contribution in [3.05, 3.63) is 53.1 Å². The number of hydrogen-bond donors (Lipinski definition) is 0.